The summed E-state index contributed by atoms with van der Waals surface area (Å²) in [5.74, 6) is -0.333. The molecule has 1 atom stereocenters. The summed E-state index contributed by atoms with van der Waals surface area (Å²) in [5.41, 5.74) is 2.29. The van der Waals surface area contributed by atoms with Crippen molar-refractivity contribution in [3.05, 3.63) is 47.2 Å². The zero-order chi connectivity index (χ0) is 16.1. The summed E-state index contributed by atoms with van der Waals surface area (Å²) < 4.78 is 10.8. The van der Waals surface area contributed by atoms with Crippen LogP contribution in [0.2, 0.25) is 0 Å². The highest BCUT2D eigenvalue weighted by Gasteiger charge is 2.33. The Kier molecular flexibility index (Phi) is 5.20. The van der Waals surface area contributed by atoms with Crippen molar-refractivity contribution in [2.45, 2.75) is 26.8 Å². The van der Waals surface area contributed by atoms with Gasteiger partial charge in [-0.25, -0.2) is 9.79 Å². The Balaban J connectivity index is 2.49. The molecule has 1 aromatic rings. The highest BCUT2D eigenvalue weighted by Crippen LogP contribution is 2.34. The number of amidine groups is 1. The molecule has 0 bridgehead atoms. The van der Waals surface area contributed by atoms with Gasteiger partial charge in [0.15, 0.2) is 0 Å². The summed E-state index contributed by atoms with van der Waals surface area (Å²) >= 11 is 0. The molecule has 5 nitrogen and oxygen atoms in total. The van der Waals surface area contributed by atoms with E-state index in [4.69, 9.17) is 9.47 Å². The van der Waals surface area contributed by atoms with Crippen molar-refractivity contribution in [3.63, 3.8) is 0 Å². The molecule has 0 saturated carbocycles. The molecule has 0 radical (unpaired) electrons. The SMILES string of the molecule is CCOC(=O)C1=C(C)N(C)C(OCC)=NC1c1ccccc1. The summed E-state index contributed by atoms with van der Waals surface area (Å²) in [4.78, 5) is 18.8. The van der Waals surface area contributed by atoms with Crippen LogP contribution in [0.1, 0.15) is 32.4 Å². The summed E-state index contributed by atoms with van der Waals surface area (Å²) in [6.07, 6.45) is 0. The molecule has 1 aliphatic rings. The van der Waals surface area contributed by atoms with E-state index in [1.54, 1.807) is 11.8 Å². The molecule has 1 aliphatic heterocycles. The number of nitrogens with zero attached hydrogens (tertiary/aromatic N) is 2. The second-order valence-electron chi connectivity index (χ2n) is 4.94. The zero-order valence-electron chi connectivity index (χ0n) is 13.5. The molecule has 0 amide bonds. The number of ether oxygens (including phenoxy) is 2. The number of esters is 1. The predicted octanol–water partition coefficient (Wildman–Crippen LogP) is 2.90. The highest BCUT2D eigenvalue weighted by molar-refractivity contribution is 5.94. The fourth-order valence-corrected chi connectivity index (χ4v) is 2.39. The smallest absolute Gasteiger partial charge is 0.338 e. The van der Waals surface area contributed by atoms with Crippen LogP contribution < -0.4 is 0 Å². The largest absolute Gasteiger partial charge is 0.465 e. The molecular weight excluding hydrogens is 280 g/mol. The molecule has 1 heterocycles. The van der Waals surface area contributed by atoms with E-state index >= 15 is 0 Å². The maximum Gasteiger partial charge on any atom is 0.338 e. The van der Waals surface area contributed by atoms with Gasteiger partial charge in [-0.2, -0.15) is 0 Å². The van der Waals surface area contributed by atoms with Gasteiger partial charge in [0.2, 0.25) is 0 Å². The number of hydrogen-bond donors (Lipinski definition) is 0. The van der Waals surface area contributed by atoms with Gasteiger partial charge in [0.1, 0.15) is 6.04 Å². The quantitative estimate of drug-likeness (QED) is 0.803. The van der Waals surface area contributed by atoms with Crippen molar-refractivity contribution in [1.82, 2.24) is 4.90 Å². The maximum atomic E-state index is 12.4. The fourth-order valence-electron chi connectivity index (χ4n) is 2.39. The van der Waals surface area contributed by atoms with Gasteiger partial charge in [0.05, 0.1) is 18.8 Å². The third kappa shape index (κ3) is 3.13. The number of rotatable bonds is 4. The van der Waals surface area contributed by atoms with Crippen LogP contribution in [0, 0.1) is 0 Å². The summed E-state index contributed by atoms with van der Waals surface area (Å²) in [6, 6.07) is 9.82. The van der Waals surface area contributed by atoms with Gasteiger partial charge in [0, 0.05) is 12.7 Å². The fraction of sp³-hybridized carbons (Fsp3) is 0.412. The van der Waals surface area contributed by atoms with Gasteiger partial charge in [0.25, 0.3) is 6.02 Å². The van der Waals surface area contributed by atoms with Crippen LogP contribution in [0.3, 0.4) is 0 Å². The number of carbonyl (C=O) groups excluding carboxylic acids is 1. The Labute approximate surface area is 131 Å². The molecule has 5 heteroatoms. The average molecular weight is 302 g/mol. The first-order chi connectivity index (χ1) is 10.6. The first-order valence-electron chi connectivity index (χ1n) is 7.47. The van der Waals surface area contributed by atoms with Gasteiger partial charge in [-0.1, -0.05) is 30.3 Å². The lowest BCUT2D eigenvalue weighted by Gasteiger charge is -2.31. The standard InChI is InChI=1S/C17H22N2O3/c1-5-21-16(20)14-12(3)19(4)17(22-6-2)18-15(14)13-10-8-7-9-11-13/h7-11,15H,5-6H2,1-4H3. The number of aliphatic imine (C=N–C) groups is 1. The minimum Gasteiger partial charge on any atom is -0.465 e. The second kappa shape index (κ2) is 7.11. The third-order valence-corrected chi connectivity index (χ3v) is 3.58. The first kappa shape index (κ1) is 16.1. The van der Waals surface area contributed by atoms with Crippen molar-refractivity contribution in [3.8, 4) is 0 Å². The van der Waals surface area contributed by atoms with Crippen LogP contribution in [-0.2, 0) is 14.3 Å². The second-order valence-corrected chi connectivity index (χ2v) is 4.94. The topological polar surface area (TPSA) is 51.1 Å². The maximum absolute atomic E-state index is 12.4. The lowest BCUT2D eigenvalue weighted by molar-refractivity contribution is -0.139. The van der Waals surface area contributed by atoms with Gasteiger partial charge in [-0.05, 0) is 26.3 Å². The van der Waals surface area contributed by atoms with Gasteiger partial charge >= 0.3 is 5.97 Å². The van der Waals surface area contributed by atoms with Gasteiger partial charge < -0.3 is 14.4 Å². The molecule has 118 valence electrons. The van der Waals surface area contributed by atoms with Crippen LogP contribution >= 0.6 is 0 Å². The van der Waals surface area contributed by atoms with E-state index < -0.39 is 6.04 Å². The number of allylic oxidation sites excluding steroid dienone is 1. The molecule has 0 spiro atoms. The minimum atomic E-state index is -0.405. The lowest BCUT2D eigenvalue weighted by Crippen LogP contribution is -2.35. The summed E-state index contributed by atoms with van der Waals surface area (Å²) in [6.45, 7) is 6.45. The Morgan fingerprint density at radius 2 is 1.91 bits per heavy atom. The molecule has 2 rings (SSSR count). The first-order valence-corrected chi connectivity index (χ1v) is 7.47. The van der Waals surface area contributed by atoms with Crippen LogP contribution in [0.4, 0.5) is 0 Å². The lowest BCUT2D eigenvalue weighted by atomic mass is 9.96. The Bertz CT molecular complexity index is 593. The van der Waals surface area contributed by atoms with E-state index in [0.29, 0.717) is 24.8 Å². The molecular formula is C17H22N2O3. The van der Waals surface area contributed by atoms with Gasteiger partial charge in [-0.15, -0.1) is 0 Å². The molecule has 0 N–H and O–H groups in total. The molecule has 1 unspecified atom stereocenters. The molecule has 0 fully saturated rings. The van der Waals surface area contributed by atoms with Crippen molar-refractivity contribution in [1.29, 1.82) is 0 Å². The Hall–Kier alpha value is -2.30. The van der Waals surface area contributed by atoms with Crippen molar-refractivity contribution in [2.75, 3.05) is 20.3 Å². The Morgan fingerprint density at radius 3 is 2.50 bits per heavy atom. The van der Waals surface area contributed by atoms with E-state index in [-0.39, 0.29) is 5.97 Å². The van der Waals surface area contributed by atoms with E-state index in [0.717, 1.165) is 11.3 Å². The number of carbonyl (C=O) groups is 1. The van der Waals surface area contributed by atoms with Crippen LogP contribution in [0.25, 0.3) is 0 Å². The predicted molar refractivity (Wildman–Crippen MR) is 85.3 cm³/mol. The van der Waals surface area contributed by atoms with E-state index in [1.165, 1.54) is 0 Å². The molecule has 22 heavy (non-hydrogen) atoms. The van der Waals surface area contributed by atoms with E-state index in [9.17, 15) is 4.79 Å². The van der Waals surface area contributed by atoms with Crippen LogP contribution in [0.5, 0.6) is 0 Å². The van der Waals surface area contributed by atoms with Gasteiger partial charge in [-0.3, -0.25) is 0 Å². The number of hydrogen-bond acceptors (Lipinski definition) is 5. The highest BCUT2D eigenvalue weighted by atomic mass is 16.5. The van der Waals surface area contributed by atoms with Crippen molar-refractivity contribution in [2.24, 2.45) is 4.99 Å². The minimum absolute atomic E-state index is 0.333. The molecule has 1 aromatic carbocycles. The van der Waals surface area contributed by atoms with Crippen molar-refractivity contribution >= 4 is 12.0 Å². The summed E-state index contributed by atoms with van der Waals surface area (Å²) in [5, 5.41) is 0. The van der Waals surface area contributed by atoms with E-state index in [2.05, 4.69) is 4.99 Å². The normalized spacial score (nSPS) is 18.1. The molecule has 0 aromatic heterocycles. The summed E-state index contributed by atoms with van der Waals surface area (Å²) in [7, 11) is 1.84. The molecule has 0 aliphatic carbocycles. The third-order valence-electron chi connectivity index (χ3n) is 3.58. The average Bonchev–Trinajstić information content (AvgIpc) is 2.52. The van der Waals surface area contributed by atoms with Crippen LogP contribution in [0.15, 0.2) is 46.6 Å². The number of benzene rings is 1. The monoisotopic (exact) mass is 302 g/mol. The van der Waals surface area contributed by atoms with Crippen LogP contribution in [-0.4, -0.2) is 37.2 Å². The zero-order valence-corrected chi connectivity index (χ0v) is 13.5. The van der Waals surface area contributed by atoms with Crippen molar-refractivity contribution < 1.29 is 14.3 Å². The van der Waals surface area contributed by atoms with E-state index in [1.807, 2.05) is 51.2 Å². The Morgan fingerprint density at radius 1 is 1.23 bits per heavy atom. The molecule has 0 saturated heterocycles.